The van der Waals surface area contributed by atoms with Crippen molar-refractivity contribution in [3.8, 4) is 0 Å². The van der Waals surface area contributed by atoms with Gasteiger partial charge in [-0.3, -0.25) is 4.79 Å². The number of nitrogens with zero attached hydrogens (tertiary/aromatic N) is 2. The molecule has 6 heteroatoms. The van der Waals surface area contributed by atoms with Crippen molar-refractivity contribution in [2.75, 3.05) is 19.7 Å². The third-order valence-electron chi connectivity index (χ3n) is 5.80. The Labute approximate surface area is 152 Å². The van der Waals surface area contributed by atoms with Crippen LogP contribution in [-0.4, -0.2) is 63.0 Å². The highest BCUT2D eigenvalue weighted by molar-refractivity contribution is 5.95. The molecule has 1 spiro atoms. The molecule has 138 valence electrons. The number of carbonyl (C=O) groups is 1. The van der Waals surface area contributed by atoms with Crippen LogP contribution < -0.4 is 0 Å². The van der Waals surface area contributed by atoms with E-state index in [1.54, 1.807) is 17.9 Å². The van der Waals surface area contributed by atoms with Gasteiger partial charge in [0.25, 0.3) is 5.91 Å². The summed E-state index contributed by atoms with van der Waals surface area (Å²) in [6, 6.07) is 11.4. The zero-order valence-corrected chi connectivity index (χ0v) is 14.9. The molecule has 3 heterocycles. The second-order valence-corrected chi connectivity index (χ2v) is 7.60. The minimum absolute atomic E-state index is 0.109. The highest BCUT2D eigenvalue weighted by Crippen LogP contribution is 2.39. The number of piperidine rings is 1. The van der Waals surface area contributed by atoms with Crippen molar-refractivity contribution in [2.45, 2.75) is 43.5 Å². The van der Waals surface area contributed by atoms with Crippen LogP contribution in [0.3, 0.4) is 0 Å². The number of aliphatic hydroxyl groups is 2. The lowest BCUT2D eigenvalue weighted by Gasteiger charge is -2.51. The van der Waals surface area contributed by atoms with E-state index in [0.717, 1.165) is 10.9 Å². The zero-order valence-electron chi connectivity index (χ0n) is 14.9. The lowest BCUT2D eigenvalue weighted by molar-refractivity contribution is -0.244. The zero-order chi connectivity index (χ0) is 18.4. The van der Waals surface area contributed by atoms with Gasteiger partial charge in [-0.1, -0.05) is 24.3 Å². The van der Waals surface area contributed by atoms with Gasteiger partial charge in [-0.25, -0.2) is 4.98 Å². The molecule has 0 radical (unpaired) electrons. The van der Waals surface area contributed by atoms with E-state index >= 15 is 0 Å². The summed E-state index contributed by atoms with van der Waals surface area (Å²) in [7, 11) is 0. The molecule has 0 unspecified atom stereocenters. The summed E-state index contributed by atoms with van der Waals surface area (Å²) in [5.74, 6) is -0.109. The normalized spacial score (nSPS) is 28.4. The van der Waals surface area contributed by atoms with Gasteiger partial charge >= 0.3 is 0 Å². The monoisotopic (exact) mass is 356 g/mol. The predicted molar refractivity (Wildman–Crippen MR) is 96.8 cm³/mol. The van der Waals surface area contributed by atoms with Crippen LogP contribution in [0, 0.1) is 0 Å². The Morgan fingerprint density at radius 1 is 1.19 bits per heavy atom. The van der Waals surface area contributed by atoms with Crippen molar-refractivity contribution in [1.82, 2.24) is 9.88 Å². The van der Waals surface area contributed by atoms with E-state index in [2.05, 4.69) is 4.98 Å². The fourth-order valence-corrected chi connectivity index (χ4v) is 4.10. The quantitative estimate of drug-likeness (QED) is 0.813. The topological polar surface area (TPSA) is 82.9 Å². The average Bonchev–Trinajstić information content (AvgIpc) is 2.66. The number of amides is 1. The number of pyridine rings is 1. The van der Waals surface area contributed by atoms with Gasteiger partial charge in [0, 0.05) is 24.9 Å². The third-order valence-corrected chi connectivity index (χ3v) is 5.80. The Hall–Kier alpha value is -2.02. The first kappa shape index (κ1) is 17.4. The maximum Gasteiger partial charge on any atom is 0.272 e. The summed E-state index contributed by atoms with van der Waals surface area (Å²) >= 11 is 0. The molecule has 1 aromatic carbocycles. The van der Waals surface area contributed by atoms with E-state index in [1.165, 1.54) is 0 Å². The molecule has 2 N–H and O–H groups in total. The molecule has 2 fully saturated rings. The number of aromatic nitrogens is 1. The number of aliphatic hydroxyl groups excluding tert-OH is 1. The largest absolute Gasteiger partial charge is 0.387 e. The molecule has 2 saturated heterocycles. The Kier molecular flexibility index (Phi) is 4.22. The lowest BCUT2D eigenvalue weighted by atomic mass is 9.75. The highest BCUT2D eigenvalue weighted by atomic mass is 16.5. The minimum Gasteiger partial charge on any atom is -0.387 e. The van der Waals surface area contributed by atoms with Gasteiger partial charge in [0.1, 0.15) is 17.4 Å². The number of hydrogen-bond donors (Lipinski definition) is 2. The molecule has 0 saturated carbocycles. The van der Waals surface area contributed by atoms with Crippen molar-refractivity contribution in [1.29, 1.82) is 0 Å². The number of carbonyl (C=O) groups excluding carboxylic acids is 1. The maximum atomic E-state index is 12.8. The molecule has 0 bridgehead atoms. The number of rotatable bonds is 1. The van der Waals surface area contributed by atoms with Gasteiger partial charge in [-0.05, 0) is 31.9 Å². The molecule has 2 aliphatic heterocycles. The Balaban J connectivity index is 1.49. The van der Waals surface area contributed by atoms with Crippen LogP contribution in [0.4, 0.5) is 0 Å². The number of benzene rings is 1. The molecule has 2 atom stereocenters. The fourth-order valence-electron chi connectivity index (χ4n) is 4.10. The summed E-state index contributed by atoms with van der Waals surface area (Å²) in [5, 5.41) is 22.0. The standard InChI is InChI=1S/C20H24N2O4/c1-19(25)10-13-26-20(18(19)24)8-11-22(12-9-20)17(23)16-7-6-14-4-2-3-5-15(14)21-16/h2-7,18,24-25H,8-13H2,1H3/t18-,19+/m0/s1. The number of ether oxygens (including phenoxy) is 1. The van der Waals surface area contributed by atoms with Crippen LogP contribution >= 0.6 is 0 Å². The number of fused-ring (bicyclic) bond motifs is 1. The van der Waals surface area contributed by atoms with Gasteiger partial charge in [0.15, 0.2) is 0 Å². The SMILES string of the molecule is C[C@@]1(O)CCOC2(CCN(C(=O)c3ccc4ccccc4n3)CC2)[C@H]1O. The summed E-state index contributed by atoms with van der Waals surface area (Å²) in [6.07, 6.45) is 0.479. The predicted octanol–water partition coefficient (Wildman–Crippen LogP) is 1.74. The smallest absolute Gasteiger partial charge is 0.272 e. The van der Waals surface area contributed by atoms with Crippen molar-refractivity contribution in [2.24, 2.45) is 0 Å². The molecule has 26 heavy (non-hydrogen) atoms. The van der Waals surface area contributed by atoms with Crippen LogP contribution in [0.5, 0.6) is 0 Å². The second-order valence-electron chi connectivity index (χ2n) is 7.60. The van der Waals surface area contributed by atoms with Gasteiger partial charge in [-0.2, -0.15) is 0 Å². The molecule has 1 amide bonds. The van der Waals surface area contributed by atoms with Crippen molar-refractivity contribution < 1.29 is 19.7 Å². The number of likely N-dealkylation sites (tertiary alicyclic amines) is 1. The van der Waals surface area contributed by atoms with E-state index in [0.29, 0.717) is 44.7 Å². The van der Waals surface area contributed by atoms with E-state index in [9.17, 15) is 15.0 Å². The Bertz CT molecular complexity index is 827. The molecule has 6 nitrogen and oxygen atoms in total. The molecular formula is C20H24N2O4. The van der Waals surface area contributed by atoms with Crippen molar-refractivity contribution in [3.63, 3.8) is 0 Å². The Morgan fingerprint density at radius 2 is 1.92 bits per heavy atom. The van der Waals surface area contributed by atoms with Crippen molar-refractivity contribution >= 4 is 16.8 Å². The van der Waals surface area contributed by atoms with Gasteiger partial charge < -0.3 is 19.8 Å². The molecule has 1 aromatic heterocycles. The van der Waals surface area contributed by atoms with E-state index in [1.807, 2.05) is 30.3 Å². The summed E-state index contributed by atoms with van der Waals surface area (Å²) in [4.78, 5) is 19.1. The Morgan fingerprint density at radius 3 is 2.69 bits per heavy atom. The van der Waals surface area contributed by atoms with E-state index < -0.39 is 17.3 Å². The van der Waals surface area contributed by atoms with Crippen LogP contribution in [0.25, 0.3) is 10.9 Å². The van der Waals surface area contributed by atoms with Crippen LogP contribution in [0.1, 0.15) is 36.7 Å². The first-order valence-corrected chi connectivity index (χ1v) is 9.11. The second kappa shape index (κ2) is 6.30. The maximum absolute atomic E-state index is 12.8. The summed E-state index contributed by atoms with van der Waals surface area (Å²) in [6.45, 7) is 3.02. The van der Waals surface area contributed by atoms with Crippen LogP contribution in [0.15, 0.2) is 36.4 Å². The van der Waals surface area contributed by atoms with Gasteiger partial charge in [0.05, 0.1) is 17.7 Å². The van der Waals surface area contributed by atoms with Crippen LogP contribution in [0.2, 0.25) is 0 Å². The third kappa shape index (κ3) is 2.88. The van der Waals surface area contributed by atoms with E-state index in [4.69, 9.17) is 4.74 Å². The van der Waals surface area contributed by atoms with Gasteiger partial charge in [0.2, 0.25) is 0 Å². The molecule has 4 rings (SSSR count). The molecular weight excluding hydrogens is 332 g/mol. The first-order chi connectivity index (χ1) is 12.4. The van der Waals surface area contributed by atoms with Crippen molar-refractivity contribution in [3.05, 3.63) is 42.1 Å². The first-order valence-electron chi connectivity index (χ1n) is 9.11. The molecule has 0 aliphatic carbocycles. The summed E-state index contributed by atoms with van der Waals surface area (Å²) in [5.41, 5.74) is -0.690. The molecule has 2 aliphatic rings. The number of hydrogen-bond acceptors (Lipinski definition) is 5. The van der Waals surface area contributed by atoms with Crippen LogP contribution in [-0.2, 0) is 4.74 Å². The fraction of sp³-hybridized carbons (Fsp3) is 0.500. The van der Waals surface area contributed by atoms with E-state index in [-0.39, 0.29) is 5.91 Å². The number of para-hydroxylation sites is 1. The molecule has 2 aromatic rings. The lowest BCUT2D eigenvalue weighted by Crippen LogP contribution is -2.64. The minimum atomic E-state index is -1.15. The highest BCUT2D eigenvalue weighted by Gasteiger charge is 2.52. The average molecular weight is 356 g/mol. The summed E-state index contributed by atoms with van der Waals surface area (Å²) < 4.78 is 5.88. The van der Waals surface area contributed by atoms with Gasteiger partial charge in [-0.15, -0.1) is 0 Å².